The highest BCUT2D eigenvalue weighted by Crippen LogP contribution is 2.59. The van der Waals surface area contributed by atoms with E-state index in [-0.39, 0.29) is 29.7 Å². The average molecular weight is 474 g/mol. The highest BCUT2D eigenvalue weighted by atomic mass is 32.3. The molecule has 0 unspecified atom stereocenters. The molecule has 1 saturated heterocycles. The molecule has 0 atom stereocenters. The highest BCUT2D eigenvalue weighted by Gasteiger charge is 2.37. The van der Waals surface area contributed by atoms with Gasteiger partial charge in [0.15, 0.2) is 5.69 Å². The molecular weight excluding hydrogens is 450 g/mol. The fourth-order valence-electron chi connectivity index (χ4n) is 4.19. The minimum Gasteiger partial charge on any atom is -0.463 e. The smallest absolute Gasteiger partial charge is 0.373 e. The first-order chi connectivity index (χ1) is 15.9. The lowest BCUT2D eigenvalue weighted by molar-refractivity contribution is 0.0298. The number of carbonyl (C=O) groups excluding carboxylic acids is 2. The molecule has 0 bridgehead atoms. The monoisotopic (exact) mass is 473 g/mol. The largest absolute Gasteiger partial charge is 0.463 e. The Morgan fingerprint density at radius 3 is 2.67 bits per heavy atom. The van der Waals surface area contributed by atoms with Gasteiger partial charge in [0.1, 0.15) is 5.76 Å². The van der Waals surface area contributed by atoms with Gasteiger partial charge in [-0.05, 0) is 18.2 Å². The van der Waals surface area contributed by atoms with Gasteiger partial charge in [-0.2, -0.15) is 15.7 Å². The fraction of sp³-hybridized carbons (Fsp3) is 0.318. The van der Waals surface area contributed by atoms with E-state index in [1.807, 2.05) is 0 Å². The number of esters is 1. The number of aromatic nitrogens is 2. The Hall–Kier alpha value is -3.12. The number of carbonyl (C=O) groups is 2. The van der Waals surface area contributed by atoms with Gasteiger partial charge in [-0.25, -0.2) is 4.79 Å². The molecule has 33 heavy (non-hydrogen) atoms. The SMILES string of the molecule is COC(=O)c1ccc(Cn2nc(C(=O)N3CCOCC3)c3c2-c2ccccc2S(O)(O)C3)o1. The minimum absolute atomic E-state index is 0.0627. The molecule has 1 aromatic carbocycles. The highest BCUT2D eigenvalue weighted by molar-refractivity contribution is 8.23. The predicted octanol–water partition coefficient (Wildman–Crippen LogP) is 3.07. The summed E-state index contributed by atoms with van der Waals surface area (Å²) < 4.78 is 39.0. The quantitative estimate of drug-likeness (QED) is 0.554. The Labute approximate surface area is 191 Å². The first-order valence-corrected chi connectivity index (χ1v) is 12.1. The summed E-state index contributed by atoms with van der Waals surface area (Å²) in [5, 5.41) is 4.60. The summed E-state index contributed by atoms with van der Waals surface area (Å²) in [6.07, 6.45) is 0. The number of benzene rings is 1. The summed E-state index contributed by atoms with van der Waals surface area (Å²) in [6, 6.07) is 10.2. The van der Waals surface area contributed by atoms with Crippen molar-refractivity contribution in [3.8, 4) is 11.3 Å². The number of rotatable bonds is 4. The molecule has 3 aromatic rings. The van der Waals surface area contributed by atoms with Gasteiger partial charge in [0.2, 0.25) is 5.76 Å². The number of ether oxygens (including phenoxy) is 2. The number of fused-ring (bicyclic) bond motifs is 3. The van der Waals surface area contributed by atoms with Gasteiger partial charge >= 0.3 is 5.97 Å². The fourth-order valence-corrected chi connectivity index (χ4v) is 5.83. The van der Waals surface area contributed by atoms with E-state index in [0.29, 0.717) is 53.8 Å². The summed E-state index contributed by atoms with van der Waals surface area (Å²) in [5.41, 5.74) is 1.91. The number of furan rings is 1. The van der Waals surface area contributed by atoms with Crippen molar-refractivity contribution in [1.82, 2.24) is 14.7 Å². The predicted molar refractivity (Wildman–Crippen MR) is 118 cm³/mol. The summed E-state index contributed by atoms with van der Waals surface area (Å²) in [4.78, 5) is 27.2. The minimum atomic E-state index is -3.15. The lowest BCUT2D eigenvalue weighted by Gasteiger charge is -2.38. The Morgan fingerprint density at radius 2 is 1.91 bits per heavy atom. The van der Waals surface area contributed by atoms with Gasteiger partial charge in [0.25, 0.3) is 5.91 Å². The van der Waals surface area contributed by atoms with Crippen molar-refractivity contribution in [2.45, 2.75) is 17.2 Å². The molecule has 1 fully saturated rings. The number of hydrogen-bond donors (Lipinski definition) is 2. The van der Waals surface area contributed by atoms with E-state index in [1.165, 1.54) is 13.2 Å². The topological polar surface area (TPSA) is 127 Å². The third-order valence-electron chi connectivity index (χ3n) is 5.75. The number of morpholine rings is 1. The maximum atomic E-state index is 13.3. The van der Waals surface area contributed by atoms with Crippen LogP contribution in [0.15, 0.2) is 45.7 Å². The Morgan fingerprint density at radius 1 is 1.15 bits per heavy atom. The number of nitrogens with zero attached hydrogens (tertiary/aromatic N) is 3. The van der Waals surface area contributed by atoms with Crippen LogP contribution in [0.3, 0.4) is 0 Å². The van der Waals surface area contributed by atoms with E-state index >= 15 is 0 Å². The van der Waals surface area contributed by atoms with Crippen LogP contribution >= 0.6 is 10.6 Å². The van der Waals surface area contributed by atoms with Crippen LogP contribution in [0.5, 0.6) is 0 Å². The van der Waals surface area contributed by atoms with Crippen LogP contribution in [0, 0.1) is 0 Å². The lowest BCUT2D eigenvalue weighted by atomic mass is 10.1. The van der Waals surface area contributed by atoms with Gasteiger partial charge in [-0.15, -0.1) is 0 Å². The Balaban J connectivity index is 1.61. The van der Waals surface area contributed by atoms with Crippen molar-refractivity contribution in [3.05, 3.63) is 59.2 Å². The zero-order valence-corrected chi connectivity index (χ0v) is 18.7. The van der Waals surface area contributed by atoms with Crippen LogP contribution in [0.4, 0.5) is 0 Å². The lowest BCUT2D eigenvalue weighted by Crippen LogP contribution is -2.41. The van der Waals surface area contributed by atoms with Crippen LogP contribution < -0.4 is 0 Å². The Bertz CT molecular complexity index is 1230. The molecule has 0 radical (unpaired) electrons. The van der Waals surface area contributed by atoms with E-state index in [4.69, 9.17) is 13.9 Å². The van der Waals surface area contributed by atoms with Crippen molar-refractivity contribution in [3.63, 3.8) is 0 Å². The molecule has 2 aromatic heterocycles. The van der Waals surface area contributed by atoms with Gasteiger partial charge in [0.05, 0.1) is 43.2 Å². The number of amides is 1. The number of hydrogen-bond acceptors (Lipinski definition) is 8. The molecule has 2 aliphatic rings. The molecule has 1 amide bonds. The first kappa shape index (κ1) is 21.7. The van der Waals surface area contributed by atoms with Crippen LogP contribution in [-0.2, 0) is 21.8 Å². The normalized spacial score (nSPS) is 17.7. The van der Waals surface area contributed by atoms with Crippen LogP contribution in [0.25, 0.3) is 11.3 Å². The summed E-state index contributed by atoms with van der Waals surface area (Å²) in [6.45, 7) is 1.90. The zero-order valence-electron chi connectivity index (χ0n) is 17.9. The second-order valence-electron chi connectivity index (χ2n) is 7.80. The van der Waals surface area contributed by atoms with Crippen LogP contribution in [0.1, 0.15) is 32.4 Å². The van der Waals surface area contributed by atoms with Gasteiger partial charge in [-0.3, -0.25) is 18.6 Å². The van der Waals surface area contributed by atoms with E-state index in [0.717, 1.165) is 0 Å². The second-order valence-corrected chi connectivity index (χ2v) is 9.86. The molecule has 0 spiro atoms. The van der Waals surface area contributed by atoms with Crippen molar-refractivity contribution < 1.29 is 32.6 Å². The standard InChI is InChI=1S/C22H23N3O7S/c1-30-22(27)17-7-6-14(32-17)12-25-20-15-4-2-3-5-18(15)33(28,29)13-16(20)19(23-25)21(26)24-8-10-31-11-9-24/h2-7,28-29H,8-13H2,1H3. The summed E-state index contributed by atoms with van der Waals surface area (Å²) >= 11 is 0. The third kappa shape index (κ3) is 3.82. The maximum absolute atomic E-state index is 13.3. The van der Waals surface area contributed by atoms with Crippen molar-refractivity contribution in [2.24, 2.45) is 0 Å². The molecular formula is C22H23N3O7S. The zero-order chi connectivity index (χ0) is 23.2. The van der Waals surface area contributed by atoms with Crippen molar-refractivity contribution >= 4 is 22.5 Å². The second kappa shape index (κ2) is 8.34. The van der Waals surface area contributed by atoms with Crippen LogP contribution in [0.2, 0.25) is 0 Å². The van der Waals surface area contributed by atoms with E-state index in [1.54, 1.807) is 39.9 Å². The molecule has 0 saturated carbocycles. The third-order valence-corrected chi connectivity index (χ3v) is 7.50. The van der Waals surface area contributed by atoms with E-state index in [9.17, 15) is 18.7 Å². The molecule has 2 N–H and O–H groups in total. The van der Waals surface area contributed by atoms with Crippen LogP contribution in [-0.4, -0.2) is 69.1 Å². The molecule has 4 heterocycles. The van der Waals surface area contributed by atoms with Gasteiger partial charge < -0.3 is 18.8 Å². The van der Waals surface area contributed by atoms with E-state index < -0.39 is 16.6 Å². The van der Waals surface area contributed by atoms with Gasteiger partial charge in [0, 0.05) is 24.2 Å². The van der Waals surface area contributed by atoms with E-state index in [2.05, 4.69) is 5.10 Å². The molecule has 11 heteroatoms. The van der Waals surface area contributed by atoms with Crippen molar-refractivity contribution in [2.75, 3.05) is 33.4 Å². The summed E-state index contributed by atoms with van der Waals surface area (Å²) in [7, 11) is -1.87. The van der Waals surface area contributed by atoms with Gasteiger partial charge in [-0.1, -0.05) is 18.2 Å². The average Bonchev–Trinajstić information content (AvgIpc) is 3.43. The summed E-state index contributed by atoms with van der Waals surface area (Å²) in [5.74, 6) is -0.465. The molecule has 0 aliphatic carbocycles. The molecule has 2 aliphatic heterocycles. The maximum Gasteiger partial charge on any atom is 0.373 e. The molecule has 10 nitrogen and oxygen atoms in total. The van der Waals surface area contributed by atoms with Crippen molar-refractivity contribution in [1.29, 1.82) is 0 Å². The molecule has 5 rings (SSSR count). The number of methoxy groups -OCH3 is 1. The molecule has 174 valence electrons. The first-order valence-electron chi connectivity index (χ1n) is 10.4. The Kier molecular flexibility index (Phi) is 5.49.